The number of hydrogen-bond donors (Lipinski definition) is 1. The third-order valence-corrected chi connectivity index (χ3v) is 5.11. The Labute approximate surface area is 126 Å². The van der Waals surface area contributed by atoms with E-state index in [2.05, 4.69) is 22.0 Å². The molecule has 2 unspecified atom stereocenters. The summed E-state index contributed by atoms with van der Waals surface area (Å²) in [7, 11) is 1.65. The highest BCUT2D eigenvalue weighted by Gasteiger charge is 2.33. The van der Waals surface area contributed by atoms with Gasteiger partial charge in [0.2, 0.25) is 5.91 Å². The van der Waals surface area contributed by atoms with Gasteiger partial charge in [0.05, 0.1) is 16.4 Å². The Bertz CT molecular complexity index is 438. The lowest BCUT2D eigenvalue weighted by molar-refractivity contribution is -0.133. The Kier molecular flexibility index (Phi) is 5.38. The third kappa shape index (κ3) is 3.56. The van der Waals surface area contributed by atoms with Crippen molar-refractivity contribution in [3.8, 4) is 0 Å². The molecular weight excluding hydrogens is 328 g/mol. The molecule has 1 aromatic heterocycles. The van der Waals surface area contributed by atoms with Crippen LogP contribution in [-0.2, 0) is 9.53 Å². The Morgan fingerprint density at radius 1 is 1.58 bits per heavy atom. The molecule has 1 fully saturated rings. The van der Waals surface area contributed by atoms with Crippen molar-refractivity contribution in [1.82, 2.24) is 4.90 Å². The summed E-state index contributed by atoms with van der Waals surface area (Å²) in [5.41, 5.74) is 6.30. The minimum Gasteiger partial charge on any atom is -0.383 e. The molecule has 2 N–H and O–H groups in total. The second kappa shape index (κ2) is 6.83. The first-order valence-electron chi connectivity index (χ1n) is 6.42. The smallest absolute Gasteiger partial charge is 0.223 e. The fourth-order valence-corrected chi connectivity index (χ4v) is 4.09. The van der Waals surface area contributed by atoms with Crippen LogP contribution in [0, 0.1) is 0 Å². The molecule has 0 aliphatic carbocycles. The number of nitrogens with zero attached hydrogens (tertiary/aromatic N) is 1. The van der Waals surface area contributed by atoms with Crippen LogP contribution in [0.15, 0.2) is 15.9 Å². The lowest BCUT2D eigenvalue weighted by Gasteiger charge is -2.32. The predicted molar refractivity (Wildman–Crippen MR) is 80.2 cm³/mol. The molecule has 1 aliphatic rings. The van der Waals surface area contributed by atoms with Gasteiger partial charge in [-0.3, -0.25) is 4.79 Å². The van der Waals surface area contributed by atoms with E-state index < -0.39 is 0 Å². The van der Waals surface area contributed by atoms with Crippen molar-refractivity contribution >= 4 is 33.2 Å². The first-order valence-corrected chi connectivity index (χ1v) is 8.03. The summed E-state index contributed by atoms with van der Waals surface area (Å²) in [6.07, 6.45) is 2.34. The highest BCUT2D eigenvalue weighted by atomic mass is 79.9. The molecule has 2 rings (SSSR count). The Balaban J connectivity index is 2.27. The maximum absolute atomic E-state index is 12.3. The summed E-state index contributed by atoms with van der Waals surface area (Å²) in [5.74, 6) is 0.180. The average Bonchev–Trinajstić information content (AvgIpc) is 2.74. The number of rotatable bonds is 4. The largest absolute Gasteiger partial charge is 0.383 e. The number of methoxy groups -OCH3 is 1. The zero-order chi connectivity index (χ0) is 13.8. The zero-order valence-electron chi connectivity index (χ0n) is 11.0. The summed E-state index contributed by atoms with van der Waals surface area (Å²) in [6.45, 7) is 1.14. The predicted octanol–water partition coefficient (Wildman–Crippen LogP) is 2.54. The summed E-state index contributed by atoms with van der Waals surface area (Å²) in [5, 5.41) is 0. The van der Waals surface area contributed by atoms with Crippen LogP contribution in [-0.4, -0.2) is 37.1 Å². The van der Waals surface area contributed by atoms with Gasteiger partial charge < -0.3 is 15.4 Å². The van der Waals surface area contributed by atoms with Crippen LogP contribution in [0.3, 0.4) is 0 Å². The van der Waals surface area contributed by atoms with E-state index in [-0.39, 0.29) is 18.0 Å². The molecule has 1 aromatic rings. The molecule has 6 heteroatoms. The van der Waals surface area contributed by atoms with Crippen molar-refractivity contribution in [2.75, 3.05) is 20.3 Å². The van der Waals surface area contributed by atoms with Crippen molar-refractivity contribution < 1.29 is 9.53 Å². The summed E-state index contributed by atoms with van der Waals surface area (Å²) in [4.78, 5) is 15.3. The maximum Gasteiger partial charge on any atom is 0.223 e. The number of thiophene rings is 1. The number of ether oxygens (including phenoxy) is 1. The van der Waals surface area contributed by atoms with Crippen LogP contribution in [0.4, 0.5) is 0 Å². The highest BCUT2D eigenvalue weighted by molar-refractivity contribution is 9.11. The van der Waals surface area contributed by atoms with Gasteiger partial charge in [0.25, 0.3) is 0 Å². The first kappa shape index (κ1) is 15.0. The van der Waals surface area contributed by atoms with Crippen molar-refractivity contribution in [2.45, 2.75) is 31.3 Å². The summed E-state index contributed by atoms with van der Waals surface area (Å²) in [6, 6.07) is 4.03. The maximum atomic E-state index is 12.3. The molecule has 19 heavy (non-hydrogen) atoms. The number of amides is 1. The number of carbonyl (C=O) groups is 1. The molecule has 2 heterocycles. The number of carbonyl (C=O) groups excluding carboxylic acids is 1. The fourth-order valence-electron chi connectivity index (χ4n) is 2.48. The Morgan fingerprint density at radius 3 is 3.00 bits per heavy atom. The van der Waals surface area contributed by atoms with E-state index in [0.29, 0.717) is 19.6 Å². The van der Waals surface area contributed by atoms with E-state index in [9.17, 15) is 4.79 Å². The molecule has 1 saturated heterocycles. The van der Waals surface area contributed by atoms with Crippen molar-refractivity contribution in [3.63, 3.8) is 0 Å². The van der Waals surface area contributed by atoms with Gasteiger partial charge in [0.1, 0.15) is 0 Å². The SMILES string of the molecule is COCCN1C(=O)CCCC(N)C1c1ccc(Br)s1. The molecule has 2 atom stereocenters. The molecule has 0 radical (unpaired) electrons. The minimum absolute atomic E-state index is 0.00569. The molecule has 0 aromatic carbocycles. The van der Waals surface area contributed by atoms with Crippen molar-refractivity contribution in [1.29, 1.82) is 0 Å². The Morgan fingerprint density at radius 2 is 2.37 bits per heavy atom. The van der Waals surface area contributed by atoms with Crippen LogP contribution in [0.1, 0.15) is 30.2 Å². The van der Waals surface area contributed by atoms with Gasteiger partial charge in [0, 0.05) is 31.0 Å². The van der Waals surface area contributed by atoms with Crippen LogP contribution >= 0.6 is 27.3 Å². The molecule has 1 amide bonds. The number of likely N-dealkylation sites (tertiary alicyclic amines) is 1. The van der Waals surface area contributed by atoms with E-state index in [0.717, 1.165) is 21.5 Å². The van der Waals surface area contributed by atoms with Gasteiger partial charge in [-0.2, -0.15) is 0 Å². The van der Waals surface area contributed by atoms with E-state index in [1.54, 1.807) is 18.4 Å². The molecule has 0 saturated carbocycles. The second-order valence-electron chi connectivity index (χ2n) is 4.72. The van der Waals surface area contributed by atoms with E-state index in [1.165, 1.54) is 0 Å². The monoisotopic (exact) mass is 346 g/mol. The molecule has 0 spiro atoms. The van der Waals surface area contributed by atoms with E-state index >= 15 is 0 Å². The second-order valence-corrected chi connectivity index (χ2v) is 7.22. The number of hydrogen-bond acceptors (Lipinski definition) is 4. The minimum atomic E-state index is -0.0264. The van der Waals surface area contributed by atoms with Gasteiger partial charge in [-0.05, 0) is 40.9 Å². The van der Waals surface area contributed by atoms with Gasteiger partial charge in [0.15, 0.2) is 0 Å². The van der Waals surface area contributed by atoms with Crippen LogP contribution in [0.5, 0.6) is 0 Å². The normalized spacial score (nSPS) is 24.6. The van der Waals surface area contributed by atoms with Crippen LogP contribution in [0.25, 0.3) is 0 Å². The van der Waals surface area contributed by atoms with Gasteiger partial charge in [-0.15, -0.1) is 11.3 Å². The lowest BCUT2D eigenvalue weighted by Crippen LogP contribution is -2.43. The standard InChI is InChI=1S/C13H19BrN2O2S/c1-18-8-7-16-12(17)4-2-3-9(15)13(16)10-5-6-11(14)19-10/h5-6,9,13H,2-4,7-8,15H2,1H3. The molecule has 106 valence electrons. The average molecular weight is 347 g/mol. The quantitative estimate of drug-likeness (QED) is 0.911. The third-order valence-electron chi connectivity index (χ3n) is 3.41. The summed E-state index contributed by atoms with van der Waals surface area (Å²) >= 11 is 5.12. The highest BCUT2D eigenvalue weighted by Crippen LogP contribution is 2.35. The van der Waals surface area contributed by atoms with E-state index in [4.69, 9.17) is 10.5 Å². The van der Waals surface area contributed by atoms with Crippen molar-refractivity contribution in [3.05, 3.63) is 20.8 Å². The zero-order valence-corrected chi connectivity index (χ0v) is 13.4. The Hall–Kier alpha value is -0.430. The number of nitrogens with two attached hydrogens (primary N) is 1. The molecule has 4 nitrogen and oxygen atoms in total. The first-order chi connectivity index (χ1) is 9.13. The summed E-state index contributed by atoms with van der Waals surface area (Å²) < 4.78 is 6.19. The van der Waals surface area contributed by atoms with Gasteiger partial charge in [-0.1, -0.05) is 0 Å². The molecular formula is C13H19BrN2O2S. The van der Waals surface area contributed by atoms with Crippen molar-refractivity contribution in [2.24, 2.45) is 5.73 Å². The fraction of sp³-hybridized carbons (Fsp3) is 0.615. The van der Waals surface area contributed by atoms with Crippen LogP contribution in [0.2, 0.25) is 0 Å². The topological polar surface area (TPSA) is 55.6 Å². The molecule has 0 bridgehead atoms. The van der Waals surface area contributed by atoms with E-state index in [1.807, 2.05) is 11.0 Å². The number of halogens is 1. The van der Waals surface area contributed by atoms with Gasteiger partial charge >= 0.3 is 0 Å². The van der Waals surface area contributed by atoms with Crippen LogP contribution < -0.4 is 5.73 Å². The lowest BCUT2D eigenvalue weighted by atomic mass is 10.0. The molecule has 1 aliphatic heterocycles. The van der Waals surface area contributed by atoms with Gasteiger partial charge in [-0.25, -0.2) is 0 Å².